The lowest BCUT2D eigenvalue weighted by atomic mass is 9.71. The summed E-state index contributed by atoms with van der Waals surface area (Å²) < 4.78 is 0. The van der Waals surface area contributed by atoms with Crippen molar-refractivity contribution >= 4 is 12.6 Å². The molecule has 0 aromatic heterocycles. The molecule has 0 radical (unpaired) electrons. The van der Waals surface area contributed by atoms with Crippen LogP contribution in [0.5, 0.6) is 0 Å². The van der Waals surface area contributed by atoms with Crippen molar-refractivity contribution in [3.05, 3.63) is 0 Å². The third-order valence-electron chi connectivity index (χ3n) is 4.84. The molecule has 5 atom stereocenters. The second kappa shape index (κ2) is 5.77. The maximum atomic E-state index is 10.6. The van der Waals surface area contributed by atoms with Gasteiger partial charge in [0.2, 0.25) is 0 Å². The van der Waals surface area contributed by atoms with Crippen molar-refractivity contribution in [2.45, 2.75) is 69.6 Å². The Labute approximate surface area is 105 Å². The lowest BCUT2D eigenvalue weighted by Gasteiger charge is -2.40. The van der Waals surface area contributed by atoms with Crippen LogP contribution in [0.3, 0.4) is 0 Å². The molecule has 0 spiro atoms. The van der Waals surface area contributed by atoms with Crippen LogP contribution < -0.4 is 0 Å². The normalized spacial score (nSPS) is 42.9. The summed E-state index contributed by atoms with van der Waals surface area (Å²) in [6.07, 6.45) is 10.1. The van der Waals surface area contributed by atoms with E-state index in [0.29, 0.717) is 23.0 Å². The zero-order valence-corrected chi connectivity index (χ0v) is 11.3. The van der Waals surface area contributed by atoms with E-state index in [1.54, 1.807) is 0 Å². The van der Waals surface area contributed by atoms with Crippen molar-refractivity contribution in [1.29, 1.82) is 0 Å². The van der Waals surface area contributed by atoms with Crippen molar-refractivity contribution < 1.29 is 5.11 Å². The van der Waals surface area contributed by atoms with Crippen LogP contribution in [0, 0.1) is 17.8 Å². The Balaban J connectivity index is 1.96. The van der Waals surface area contributed by atoms with Gasteiger partial charge in [0.1, 0.15) is 0 Å². The standard InChI is InChI=1S/C14H26OS/c1-10-6-2-3-7-11(10)14(15)12-8-4-5-9-13(12)16/h10-16H,2-9H2,1H3. The second-order valence-corrected chi connectivity index (χ2v) is 6.60. The molecule has 0 bridgehead atoms. The van der Waals surface area contributed by atoms with Crippen molar-refractivity contribution in [3.63, 3.8) is 0 Å². The second-order valence-electron chi connectivity index (χ2n) is 5.93. The van der Waals surface area contributed by atoms with Gasteiger partial charge in [-0.15, -0.1) is 0 Å². The predicted molar refractivity (Wildman–Crippen MR) is 71.9 cm³/mol. The predicted octanol–water partition coefficient (Wildman–Crippen LogP) is 3.66. The molecule has 2 saturated carbocycles. The van der Waals surface area contributed by atoms with Gasteiger partial charge >= 0.3 is 0 Å². The van der Waals surface area contributed by atoms with E-state index in [4.69, 9.17) is 0 Å². The minimum Gasteiger partial charge on any atom is -0.392 e. The van der Waals surface area contributed by atoms with Crippen LogP contribution in [-0.2, 0) is 0 Å². The van der Waals surface area contributed by atoms with Gasteiger partial charge in [-0.2, -0.15) is 12.6 Å². The fourth-order valence-corrected chi connectivity index (χ4v) is 4.22. The molecule has 0 saturated heterocycles. The fraction of sp³-hybridized carbons (Fsp3) is 1.00. The highest BCUT2D eigenvalue weighted by Gasteiger charge is 2.36. The molecule has 1 nitrogen and oxygen atoms in total. The molecule has 0 aliphatic heterocycles. The highest BCUT2D eigenvalue weighted by Crippen LogP contribution is 2.39. The monoisotopic (exact) mass is 242 g/mol. The van der Waals surface area contributed by atoms with Gasteiger partial charge in [0.15, 0.2) is 0 Å². The lowest BCUT2D eigenvalue weighted by Crippen LogP contribution is -2.40. The quantitative estimate of drug-likeness (QED) is 0.708. The number of aliphatic hydroxyl groups is 1. The average molecular weight is 242 g/mol. The number of rotatable bonds is 2. The van der Waals surface area contributed by atoms with Gasteiger partial charge in [-0.1, -0.05) is 39.0 Å². The van der Waals surface area contributed by atoms with Crippen molar-refractivity contribution in [3.8, 4) is 0 Å². The van der Waals surface area contributed by atoms with E-state index in [0.717, 1.165) is 0 Å². The van der Waals surface area contributed by atoms with Crippen molar-refractivity contribution in [2.75, 3.05) is 0 Å². The van der Waals surface area contributed by atoms with Gasteiger partial charge in [0, 0.05) is 5.25 Å². The molecule has 16 heavy (non-hydrogen) atoms. The molecule has 1 N–H and O–H groups in total. The summed E-state index contributed by atoms with van der Waals surface area (Å²) in [5.41, 5.74) is 0. The summed E-state index contributed by atoms with van der Waals surface area (Å²) in [5, 5.41) is 11.0. The maximum absolute atomic E-state index is 10.6. The molecule has 0 heterocycles. The van der Waals surface area contributed by atoms with Crippen LogP contribution in [0.25, 0.3) is 0 Å². The Bertz CT molecular complexity index is 197. The molecule has 2 fully saturated rings. The van der Waals surface area contributed by atoms with E-state index in [-0.39, 0.29) is 6.10 Å². The molecule has 0 aromatic carbocycles. The molecule has 0 amide bonds. The van der Waals surface area contributed by atoms with E-state index in [9.17, 15) is 5.11 Å². The summed E-state index contributed by atoms with van der Waals surface area (Å²) in [7, 11) is 0. The Morgan fingerprint density at radius 1 is 0.938 bits per heavy atom. The molecule has 2 aliphatic rings. The van der Waals surface area contributed by atoms with Crippen LogP contribution in [0.1, 0.15) is 58.3 Å². The van der Waals surface area contributed by atoms with Crippen LogP contribution >= 0.6 is 12.6 Å². The lowest BCUT2D eigenvalue weighted by molar-refractivity contribution is -0.000510. The van der Waals surface area contributed by atoms with E-state index in [1.165, 1.54) is 51.4 Å². The topological polar surface area (TPSA) is 20.2 Å². The highest BCUT2D eigenvalue weighted by atomic mass is 32.1. The first kappa shape index (κ1) is 12.8. The molecule has 94 valence electrons. The van der Waals surface area contributed by atoms with E-state index < -0.39 is 0 Å². The molecule has 5 unspecified atom stereocenters. The number of hydrogen-bond acceptors (Lipinski definition) is 2. The van der Waals surface area contributed by atoms with Crippen LogP contribution in [0.4, 0.5) is 0 Å². The first-order valence-electron chi connectivity index (χ1n) is 7.06. The Morgan fingerprint density at radius 2 is 1.50 bits per heavy atom. The highest BCUT2D eigenvalue weighted by molar-refractivity contribution is 7.81. The zero-order chi connectivity index (χ0) is 11.5. The Kier molecular flexibility index (Phi) is 4.60. The summed E-state index contributed by atoms with van der Waals surface area (Å²) in [6, 6.07) is 0. The van der Waals surface area contributed by atoms with Crippen LogP contribution in [0.2, 0.25) is 0 Å². The van der Waals surface area contributed by atoms with Gasteiger partial charge in [0.25, 0.3) is 0 Å². The molecular weight excluding hydrogens is 216 g/mol. The Morgan fingerprint density at radius 3 is 2.12 bits per heavy atom. The third kappa shape index (κ3) is 2.76. The number of thiol groups is 1. The minimum absolute atomic E-state index is 0.0851. The third-order valence-corrected chi connectivity index (χ3v) is 5.48. The summed E-state index contributed by atoms with van der Waals surface area (Å²) >= 11 is 4.68. The number of hydrogen-bond donors (Lipinski definition) is 2. The largest absolute Gasteiger partial charge is 0.392 e. The molecule has 2 rings (SSSR count). The van der Waals surface area contributed by atoms with Gasteiger partial charge in [-0.3, -0.25) is 0 Å². The van der Waals surface area contributed by atoms with Gasteiger partial charge < -0.3 is 5.11 Å². The molecule has 2 heteroatoms. The first-order valence-corrected chi connectivity index (χ1v) is 7.58. The summed E-state index contributed by atoms with van der Waals surface area (Å²) in [4.78, 5) is 0. The van der Waals surface area contributed by atoms with Gasteiger partial charge in [0.05, 0.1) is 6.10 Å². The fourth-order valence-electron chi connectivity index (χ4n) is 3.71. The SMILES string of the molecule is CC1CCCCC1C(O)C1CCCCC1S. The smallest absolute Gasteiger partial charge is 0.0609 e. The van der Waals surface area contributed by atoms with Gasteiger partial charge in [-0.05, 0) is 37.0 Å². The molecule has 0 aromatic rings. The van der Waals surface area contributed by atoms with E-state index >= 15 is 0 Å². The van der Waals surface area contributed by atoms with E-state index in [1.807, 2.05) is 0 Å². The maximum Gasteiger partial charge on any atom is 0.0609 e. The molecular formula is C14H26OS. The minimum atomic E-state index is -0.0851. The van der Waals surface area contributed by atoms with Gasteiger partial charge in [-0.25, -0.2) is 0 Å². The number of aliphatic hydroxyl groups excluding tert-OH is 1. The van der Waals surface area contributed by atoms with Crippen molar-refractivity contribution in [2.24, 2.45) is 17.8 Å². The van der Waals surface area contributed by atoms with Crippen LogP contribution in [0.15, 0.2) is 0 Å². The first-order chi connectivity index (χ1) is 7.70. The zero-order valence-electron chi connectivity index (χ0n) is 10.4. The Hall–Kier alpha value is 0.310. The average Bonchev–Trinajstić information content (AvgIpc) is 2.29. The summed E-state index contributed by atoms with van der Waals surface area (Å²) in [5.74, 6) is 1.72. The van der Waals surface area contributed by atoms with Crippen molar-refractivity contribution in [1.82, 2.24) is 0 Å². The van der Waals surface area contributed by atoms with E-state index in [2.05, 4.69) is 19.6 Å². The molecule has 2 aliphatic carbocycles. The van der Waals surface area contributed by atoms with Crippen LogP contribution in [-0.4, -0.2) is 16.5 Å². The summed E-state index contributed by atoms with van der Waals surface area (Å²) in [6.45, 7) is 2.32.